The molecule has 0 aromatic rings. The molecule has 0 amide bonds. The molecule has 1 saturated heterocycles. The molecule has 1 fully saturated rings. The molecule has 0 aromatic carbocycles. The fourth-order valence-electron chi connectivity index (χ4n) is 2.50. The van der Waals surface area contributed by atoms with Gasteiger partial charge in [0.1, 0.15) is 0 Å². The Labute approximate surface area is 163 Å². The summed E-state index contributed by atoms with van der Waals surface area (Å²) < 4.78 is 32.9. The number of hydrogen-bond acceptors (Lipinski definition) is 6. The molecule has 1 aliphatic rings. The Morgan fingerprint density at radius 2 is 1.23 bits per heavy atom. The molecular weight excluding hydrogens is 360 g/mol. The van der Waals surface area contributed by atoms with Gasteiger partial charge in [0.05, 0.1) is 52.9 Å². The van der Waals surface area contributed by atoms with Crippen LogP contribution in [-0.2, 0) is 28.4 Å². The Bertz CT molecular complexity index is 277. The number of ether oxygens (including phenoxy) is 6. The quantitative estimate of drug-likeness (QED) is 0.246. The van der Waals surface area contributed by atoms with Crippen molar-refractivity contribution in [2.75, 3.05) is 71.9 Å². The van der Waals surface area contributed by atoms with Crippen LogP contribution in [0.2, 0.25) is 0 Å². The van der Waals surface area contributed by atoms with Gasteiger partial charge >= 0.3 is 0 Å². The van der Waals surface area contributed by atoms with Crippen molar-refractivity contribution in [2.45, 2.75) is 51.2 Å². The zero-order valence-electron chi connectivity index (χ0n) is 16.1. The summed E-state index contributed by atoms with van der Waals surface area (Å²) in [6.45, 7) is 6.31. The lowest BCUT2D eigenvalue weighted by Crippen LogP contribution is -2.24. The highest BCUT2D eigenvalue weighted by Gasteiger charge is 2.13. The Balaban J connectivity index is 1.65. The van der Waals surface area contributed by atoms with E-state index in [1.165, 1.54) is 19.3 Å². The van der Waals surface area contributed by atoms with Gasteiger partial charge in [0, 0.05) is 19.1 Å². The molecule has 1 rings (SSSR count). The zero-order valence-corrected chi connectivity index (χ0v) is 16.9. The molecule has 6 nitrogen and oxygen atoms in total. The van der Waals surface area contributed by atoms with Crippen LogP contribution >= 0.6 is 11.6 Å². The summed E-state index contributed by atoms with van der Waals surface area (Å²) >= 11 is 5.63. The Morgan fingerprint density at radius 1 is 0.654 bits per heavy atom. The molecular formula is C19H37ClO6. The van der Waals surface area contributed by atoms with Gasteiger partial charge in [-0.15, -0.1) is 11.6 Å². The summed E-state index contributed by atoms with van der Waals surface area (Å²) in [5.41, 5.74) is 0. The van der Waals surface area contributed by atoms with Crippen molar-refractivity contribution < 1.29 is 28.4 Å². The van der Waals surface area contributed by atoms with E-state index >= 15 is 0 Å². The summed E-state index contributed by atoms with van der Waals surface area (Å²) in [6, 6.07) is 0. The minimum atomic E-state index is -0.0411. The third kappa shape index (κ3) is 16.2. The van der Waals surface area contributed by atoms with Crippen LogP contribution in [0.4, 0.5) is 0 Å². The first-order valence-electron chi connectivity index (χ1n) is 10.0. The molecule has 0 radical (unpaired) electrons. The van der Waals surface area contributed by atoms with Crippen molar-refractivity contribution in [1.82, 2.24) is 0 Å². The Kier molecular flexibility index (Phi) is 18.3. The monoisotopic (exact) mass is 396 g/mol. The lowest BCUT2D eigenvalue weighted by atomic mass is 10.2. The second-order valence-corrected chi connectivity index (χ2v) is 6.60. The van der Waals surface area contributed by atoms with Crippen molar-refractivity contribution >= 4 is 11.6 Å². The van der Waals surface area contributed by atoms with Crippen LogP contribution in [0.3, 0.4) is 0 Å². The molecule has 1 atom stereocenters. The molecule has 1 unspecified atom stereocenters. The molecule has 1 aliphatic heterocycles. The summed E-state index contributed by atoms with van der Waals surface area (Å²) in [7, 11) is 0. The van der Waals surface area contributed by atoms with E-state index in [-0.39, 0.29) is 6.29 Å². The van der Waals surface area contributed by atoms with Crippen LogP contribution in [0.1, 0.15) is 44.9 Å². The fourth-order valence-corrected chi connectivity index (χ4v) is 2.68. The van der Waals surface area contributed by atoms with E-state index in [0.717, 1.165) is 44.8 Å². The Morgan fingerprint density at radius 3 is 1.81 bits per heavy atom. The molecule has 0 saturated carbocycles. The van der Waals surface area contributed by atoms with Crippen molar-refractivity contribution in [3.8, 4) is 0 Å². The lowest BCUT2D eigenvalue weighted by molar-refractivity contribution is -0.169. The third-order valence-corrected chi connectivity index (χ3v) is 4.22. The molecule has 0 aliphatic carbocycles. The molecule has 0 spiro atoms. The highest BCUT2D eigenvalue weighted by atomic mass is 35.5. The van der Waals surface area contributed by atoms with Crippen molar-refractivity contribution in [3.63, 3.8) is 0 Å². The van der Waals surface area contributed by atoms with E-state index < -0.39 is 0 Å². The Hall–Kier alpha value is 0.0500. The van der Waals surface area contributed by atoms with Gasteiger partial charge in [0.25, 0.3) is 0 Å². The first-order chi connectivity index (χ1) is 12.9. The first kappa shape index (κ1) is 24.1. The van der Waals surface area contributed by atoms with Crippen LogP contribution in [0, 0.1) is 0 Å². The highest BCUT2D eigenvalue weighted by Crippen LogP contribution is 2.13. The minimum absolute atomic E-state index is 0.0411. The van der Waals surface area contributed by atoms with Crippen molar-refractivity contribution in [2.24, 2.45) is 0 Å². The van der Waals surface area contributed by atoms with Crippen molar-refractivity contribution in [3.05, 3.63) is 0 Å². The normalized spacial score (nSPS) is 17.7. The fraction of sp³-hybridized carbons (Fsp3) is 1.00. The summed E-state index contributed by atoms with van der Waals surface area (Å²) in [6.07, 6.45) is 7.83. The third-order valence-electron chi connectivity index (χ3n) is 3.96. The molecule has 26 heavy (non-hydrogen) atoms. The summed E-state index contributed by atoms with van der Waals surface area (Å²) in [5, 5.41) is 0. The smallest absolute Gasteiger partial charge is 0.157 e. The van der Waals surface area contributed by atoms with Gasteiger partial charge < -0.3 is 28.4 Å². The van der Waals surface area contributed by atoms with Gasteiger partial charge in [-0.05, 0) is 32.1 Å². The van der Waals surface area contributed by atoms with Crippen LogP contribution in [0.5, 0.6) is 0 Å². The molecule has 0 aromatic heterocycles. The first-order valence-corrected chi connectivity index (χ1v) is 10.6. The van der Waals surface area contributed by atoms with E-state index in [2.05, 4.69) is 0 Å². The number of halogens is 1. The maximum absolute atomic E-state index is 5.63. The summed E-state index contributed by atoms with van der Waals surface area (Å²) in [4.78, 5) is 0. The second-order valence-electron chi connectivity index (χ2n) is 6.22. The number of hydrogen-bond donors (Lipinski definition) is 0. The molecule has 7 heteroatoms. The average molecular weight is 397 g/mol. The number of rotatable bonds is 19. The van der Waals surface area contributed by atoms with Gasteiger partial charge in [-0.25, -0.2) is 0 Å². The van der Waals surface area contributed by atoms with Crippen LogP contribution in [0.15, 0.2) is 0 Å². The van der Waals surface area contributed by atoms with E-state index in [1.807, 2.05) is 0 Å². The lowest BCUT2D eigenvalue weighted by Gasteiger charge is -2.22. The van der Waals surface area contributed by atoms with E-state index in [1.54, 1.807) is 0 Å². The van der Waals surface area contributed by atoms with Crippen LogP contribution in [0.25, 0.3) is 0 Å². The van der Waals surface area contributed by atoms with Crippen LogP contribution in [-0.4, -0.2) is 78.2 Å². The van der Waals surface area contributed by atoms with Gasteiger partial charge in [0.15, 0.2) is 6.29 Å². The standard InChI is InChI=1S/C19H37ClO6/c20-8-4-1-2-5-9-21-11-12-22-13-14-23-15-16-24-17-18-26-19-7-3-6-10-25-19/h19H,1-18H2. The average Bonchev–Trinajstić information content (AvgIpc) is 2.68. The highest BCUT2D eigenvalue weighted by molar-refractivity contribution is 6.17. The van der Waals surface area contributed by atoms with E-state index in [9.17, 15) is 0 Å². The maximum Gasteiger partial charge on any atom is 0.157 e. The zero-order chi connectivity index (χ0) is 18.5. The van der Waals surface area contributed by atoms with Gasteiger partial charge in [-0.1, -0.05) is 12.8 Å². The molecule has 1 heterocycles. The SMILES string of the molecule is ClCCCCCCOCCOCCOCCOCCOC1CCCCO1. The molecule has 156 valence electrons. The predicted molar refractivity (Wildman–Crippen MR) is 102 cm³/mol. The van der Waals surface area contributed by atoms with E-state index in [0.29, 0.717) is 52.9 Å². The minimum Gasteiger partial charge on any atom is -0.379 e. The predicted octanol–water partition coefficient (Wildman–Crippen LogP) is 3.40. The molecule has 0 N–H and O–H groups in total. The second kappa shape index (κ2) is 19.8. The summed E-state index contributed by atoms with van der Waals surface area (Å²) in [5.74, 6) is 0.757. The van der Waals surface area contributed by atoms with Gasteiger partial charge in [0.2, 0.25) is 0 Å². The van der Waals surface area contributed by atoms with Gasteiger partial charge in [-0.3, -0.25) is 0 Å². The maximum atomic E-state index is 5.63. The van der Waals surface area contributed by atoms with Crippen LogP contribution < -0.4 is 0 Å². The van der Waals surface area contributed by atoms with E-state index in [4.69, 9.17) is 40.0 Å². The van der Waals surface area contributed by atoms with Crippen molar-refractivity contribution in [1.29, 1.82) is 0 Å². The number of unbranched alkanes of at least 4 members (excludes halogenated alkanes) is 3. The largest absolute Gasteiger partial charge is 0.379 e. The molecule has 0 bridgehead atoms. The van der Waals surface area contributed by atoms with Gasteiger partial charge in [-0.2, -0.15) is 0 Å². The topological polar surface area (TPSA) is 55.4 Å². The number of alkyl halides is 1.